The molecule has 0 aliphatic carbocycles. The molecule has 1 aromatic carbocycles. The molecule has 0 amide bonds. The van der Waals surface area contributed by atoms with Crippen LogP contribution in [-0.4, -0.2) is 49.3 Å². The van der Waals surface area contributed by atoms with E-state index in [1.807, 2.05) is 36.4 Å². The second-order valence-electron chi connectivity index (χ2n) is 5.46. The number of hydrogen-bond acceptors (Lipinski definition) is 4. The molecular weight excluding hydrogens is 288 g/mol. The number of morpholine rings is 1. The molecule has 0 atom stereocenters. The minimum Gasteiger partial charge on any atom is -0.492 e. The van der Waals surface area contributed by atoms with Crippen molar-refractivity contribution < 1.29 is 9.47 Å². The maximum atomic E-state index is 5.81. The van der Waals surface area contributed by atoms with Crippen molar-refractivity contribution in [3.05, 3.63) is 59.9 Å². The second-order valence-corrected chi connectivity index (χ2v) is 5.46. The van der Waals surface area contributed by atoms with Crippen molar-refractivity contribution in [2.24, 2.45) is 0 Å². The highest BCUT2D eigenvalue weighted by Gasteiger charge is 2.09. The quantitative estimate of drug-likeness (QED) is 0.821. The molecule has 0 unspecified atom stereocenters. The number of ether oxygens (including phenoxy) is 2. The number of pyridine rings is 1. The van der Waals surface area contributed by atoms with Crippen molar-refractivity contribution in [3.63, 3.8) is 0 Å². The molecule has 4 nitrogen and oxygen atoms in total. The van der Waals surface area contributed by atoms with Crippen LogP contribution in [0.3, 0.4) is 0 Å². The summed E-state index contributed by atoms with van der Waals surface area (Å²) in [4.78, 5) is 6.64. The molecule has 3 rings (SSSR count). The van der Waals surface area contributed by atoms with Gasteiger partial charge in [0, 0.05) is 25.8 Å². The highest BCUT2D eigenvalue weighted by molar-refractivity contribution is 5.68. The Balaban J connectivity index is 1.46. The van der Waals surface area contributed by atoms with Gasteiger partial charge in [0.05, 0.1) is 18.9 Å². The Hall–Kier alpha value is -2.17. The summed E-state index contributed by atoms with van der Waals surface area (Å²) >= 11 is 0. The molecule has 0 spiro atoms. The lowest BCUT2D eigenvalue weighted by Gasteiger charge is -2.26. The maximum Gasteiger partial charge on any atom is 0.119 e. The second kappa shape index (κ2) is 8.46. The third kappa shape index (κ3) is 5.20. The van der Waals surface area contributed by atoms with Gasteiger partial charge >= 0.3 is 0 Å². The normalized spacial score (nSPS) is 15.8. The third-order valence-electron chi connectivity index (χ3n) is 3.79. The molecule has 2 aromatic rings. The van der Waals surface area contributed by atoms with E-state index in [0.29, 0.717) is 6.61 Å². The zero-order valence-electron chi connectivity index (χ0n) is 13.2. The van der Waals surface area contributed by atoms with E-state index in [-0.39, 0.29) is 0 Å². The molecule has 1 aromatic heterocycles. The van der Waals surface area contributed by atoms with Gasteiger partial charge in [-0.2, -0.15) is 0 Å². The highest BCUT2D eigenvalue weighted by Crippen LogP contribution is 2.14. The van der Waals surface area contributed by atoms with Crippen LogP contribution in [0.5, 0.6) is 5.75 Å². The van der Waals surface area contributed by atoms with Crippen LogP contribution >= 0.6 is 0 Å². The molecule has 1 aliphatic heterocycles. The van der Waals surface area contributed by atoms with Gasteiger partial charge < -0.3 is 9.47 Å². The fourth-order valence-corrected chi connectivity index (χ4v) is 2.45. The first-order chi connectivity index (χ1) is 11.4. The number of hydrogen-bond donors (Lipinski definition) is 0. The monoisotopic (exact) mass is 310 g/mol. The van der Waals surface area contributed by atoms with Crippen LogP contribution in [0.25, 0.3) is 12.2 Å². The van der Waals surface area contributed by atoms with E-state index < -0.39 is 0 Å². The SMILES string of the molecule is C(=C\c1ccccn1)/c1ccc(OCCN2CCOCC2)cc1. The van der Waals surface area contributed by atoms with Gasteiger partial charge in [-0.05, 0) is 35.9 Å². The highest BCUT2D eigenvalue weighted by atomic mass is 16.5. The van der Waals surface area contributed by atoms with Crippen molar-refractivity contribution in [3.8, 4) is 5.75 Å². The lowest BCUT2D eigenvalue weighted by atomic mass is 10.2. The molecule has 1 aliphatic rings. The van der Waals surface area contributed by atoms with Crippen molar-refractivity contribution in [1.82, 2.24) is 9.88 Å². The van der Waals surface area contributed by atoms with Crippen molar-refractivity contribution in [1.29, 1.82) is 0 Å². The maximum absolute atomic E-state index is 5.81. The summed E-state index contributed by atoms with van der Waals surface area (Å²) in [5, 5.41) is 0. The Bertz CT molecular complexity index is 605. The summed E-state index contributed by atoms with van der Waals surface area (Å²) < 4.78 is 11.1. The summed E-state index contributed by atoms with van der Waals surface area (Å²) in [5.74, 6) is 0.910. The van der Waals surface area contributed by atoms with E-state index in [9.17, 15) is 0 Å². The Morgan fingerprint density at radius 2 is 1.87 bits per heavy atom. The molecule has 1 saturated heterocycles. The number of nitrogens with zero attached hydrogens (tertiary/aromatic N) is 2. The summed E-state index contributed by atoms with van der Waals surface area (Å²) in [6.07, 6.45) is 5.86. The van der Waals surface area contributed by atoms with Gasteiger partial charge in [-0.25, -0.2) is 0 Å². The zero-order valence-corrected chi connectivity index (χ0v) is 13.2. The van der Waals surface area contributed by atoms with E-state index in [0.717, 1.165) is 49.9 Å². The Morgan fingerprint density at radius 3 is 2.61 bits per heavy atom. The summed E-state index contributed by atoms with van der Waals surface area (Å²) in [6, 6.07) is 14.0. The number of rotatable bonds is 6. The summed E-state index contributed by atoms with van der Waals surface area (Å²) in [5.41, 5.74) is 2.09. The lowest BCUT2D eigenvalue weighted by molar-refractivity contribution is 0.0322. The topological polar surface area (TPSA) is 34.6 Å². The predicted octanol–water partition coefficient (Wildman–Crippen LogP) is 2.96. The van der Waals surface area contributed by atoms with Crippen molar-refractivity contribution >= 4 is 12.2 Å². The van der Waals surface area contributed by atoms with Crippen molar-refractivity contribution in [2.75, 3.05) is 39.5 Å². The van der Waals surface area contributed by atoms with Crippen LogP contribution in [0.2, 0.25) is 0 Å². The molecule has 4 heteroatoms. The van der Waals surface area contributed by atoms with Gasteiger partial charge in [-0.15, -0.1) is 0 Å². The van der Waals surface area contributed by atoms with Crippen LogP contribution in [0.15, 0.2) is 48.7 Å². The first-order valence-electron chi connectivity index (χ1n) is 8.02. The molecule has 1 fully saturated rings. The van der Waals surface area contributed by atoms with E-state index in [1.54, 1.807) is 6.20 Å². The fourth-order valence-electron chi connectivity index (χ4n) is 2.45. The first-order valence-corrected chi connectivity index (χ1v) is 8.02. The summed E-state index contributed by atoms with van der Waals surface area (Å²) in [6.45, 7) is 5.32. The number of aromatic nitrogens is 1. The van der Waals surface area contributed by atoms with E-state index >= 15 is 0 Å². The third-order valence-corrected chi connectivity index (χ3v) is 3.79. The molecule has 0 bridgehead atoms. The first kappa shape index (κ1) is 15.7. The number of benzene rings is 1. The van der Waals surface area contributed by atoms with E-state index in [4.69, 9.17) is 9.47 Å². The molecule has 120 valence electrons. The largest absolute Gasteiger partial charge is 0.492 e. The molecular formula is C19H22N2O2. The van der Waals surface area contributed by atoms with E-state index in [2.05, 4.69) is 28.1 Å². The van der Waals surface area contributed by atoms with Gasteiger partial charge in [-0.3, -0.25) is 9.88 Å². The average Bonchev–Trinajstić information content (AvgIpc) is 2.63. The van der Waals surface area contributed by atoms with Gasteiger partial charge in [0.25, 0.3) is 0 Å². The minimum absolute atomic E-state index is 0.711. The van der Waals surface area contributed by atoms with Crippen LogP contribution < -0.4 is 4.74 Å². The zero-order chi connectivity index (χ0) is 15.7. The molecule has 2 heterocycles. The minimum atomic E-state index is 0.711. The van der Waals surface area contributed by atoms with Crippen LogP contribution in [-0.2, 0) is 4.74 Å². The standard InChI is InChI=1S/C19H22N2O2/c1-2-10-20-18(3-1)7-4-17-5-8-19(9-6-17)23-16-13-21-11-14-22-15-12-21/h1-10H,11-16H2/b7-4+. The van der Waals surface area contributed by atoms with Gasteiger partial charge in [-0.1, -0.05) is 24.3 Å². The van der Waals surface area contributed by atoms with Gasteiger partial charge in [0.1, 0.15) is 12.4 Å². The lowest BCUT2D eigenvalue weighted by Crippen LogP contribution is -2.38. The average molecular weight is 310 g/mol. The molecule has 0 saturated carbocycles. The van der Waals surface area contributed by atoms with Gasteiger partial charge in [0.15, 0.2) is 0 Å². The summed E-state index contributed by atoms with van der Waals surface area (Å²) in [7, 11) is 0. The van der Waals surface area contributed by atoms with Crippen LogP contribution in [0, 0.1) is 0 Å². The molecule has 0 N–H and O–H groups in total. The molecule has 23 heavy (non-hydrogen) atoms. The van der Waals surface area contributed by atoms with E-state index in [1.165, 1.54) is 0 Å². The predicted molar refractivity (Wildman–Crippen MR) is 92.4 cm³/mol. The fraction of sp³-hybridized carbons (Fsp3) is 0.316. The Labute approximate surface area is 137 Å². The van der Waals surface area contributed by atoms with Crippen LogP contribution in [0.4, 0.5) is 0 Å². The van der Waals surface area contributed by atoms with Gasteiger partial charge in [0.2, 0.25) is 0 Å². The smallest absolute Gasteiger partial charge is 0.119 e. The Morgan fingerprint density at radius 1 is 1.04 bits per heavy atom. The van der Waals surface area contributed by atoms with Crippen molar-refractivity contribution in [2.45, 2.75) is 0 Å². The van der Waals surface area contributed by atoms with Crippen LogP contribution in [0.1, 0.15) is 11.3 Å². The Kier molecular flexibility index (Phi) is 5.78. The molecule has 0 radical (unpaired) electrons.